The Kier molecular flexibility index (Phi) is 2.73. The minimum Gasteiger partial charge on any atom is -0.307 e. The van der Waals surface area contributed by atoms with Crippen LogP contribution >= 0.6 is 23.1 Å². The van der Waals surface area contributed by atoms with Crippen LogP contribution in [0.25, 0.3) is 0 Å². The molecule has 0 atom stereocenters. The second kappa shape index (κ2) is 3.81. The predicted octanol–water partition coefficient (Wildman–Crippen LogP) is 2.26. The van der Waals surface area contributed by atoms with Crippen molar-refractivity contribution in [3.05, 3.63) is 21.9 Å². The summed E-state index contributed by atoms with van der Waals surface area (Å²) in [6, 6.07) is 3.04. The Morgan fingerprint density at radius 3 is 2.92 bits per heavy atom. The van der Waals surface area contributed by atoms with Gasteiger partial charge in [0.2, 0.25) is 0 Å². The van der Waals surface area contributed by atoms with Crippen molar-refractivity contribution in [1.82, 2.24) is 5.32 Å². The summed E-state index contributed by atoms with van der Waals surface area (Å²) in [5.74, 6) is 2.59. The van der Waals surface area contributed by atoms with Crippen molar-refractivity contribution in [3.63, 3.8) is 0 Å². The lowest BCUT2D eigenvalue weighted by molar-refractivity contribution is 0.587. The molecule has 0 amide bonds. The maximum atomic E-state index is 3.54. The summed E-state index contributed by atoms with van der Waals surface area (Å²) in [5, 5.41) is 5.75. The molecule has 1 aromatic heterocycles. The Balaban J connectivity index is 1.79. The molecule has 0 radical (unpaired) electrons. The smallest absolute Gasteiger partial charge is 0.0303 e. The molecule has 0 bridgehead atoms. The standard InChI is InChI=1S/C9H13NS2/c1-7-2-9(12-4-7)3-10-8-5-11-6-8/h2,4,8,10H,3,5-6H2,1H3. The van der Waals surface area contributed by atoms with E-state index in [1.54, 1.807) is 0 Å². The van der Waals surface area contributed by atoms with Gasteiger partial charge in [-0.1, -0.05) is 0 Å². The van der Waals surface area contributed by atoms with Gasteiger partial charge in [0, 0.05) is 29.0 Å². The predicted molar refractivity (Wildman–Crippen MR) is 57.0 cm³/mol. The summed E-state index contributed by atoms with van der Waals surface area (Å²) in [4.78, 5) is 1.46. The van der Waals surface area contributed by atoms with E-state index in [1.807, 2.05) is 23.1 Å². The average Bonchev–Trinajstić information content (AvgIpc) is 2.32. The fourth-order valence-electron chi connectivity index (χ4n) is 1.18. The molecule has 0 unspecified atom stereocenters. The molecule has 1 aliphatic rings. The van der Waals surface area contributed by atoms with Crippen molar-refractivity contribution in [3.8, 4) is 0 Å². The first-order chi connectivity index (χ1) is 5.84. The first-order valence-corrected chi connectivity index (χ1v) is 6.23. The number of rotatable bonds is 3. The molecule has 2 heterocycles. The number of hydrogen-bond acceptors (Lipinski definition) is 3. The highest BCUT2D eigenvalue weighted by atomic mass is 32.2. The van der Waals surface area contributed by atoms with Gasteiger partial charge < -0.3 is 5.32 Å². The number of hydrogen-bond donors (Lipinski definition) is 1. The summed E-state index contributed by atoms with van der Waals surface area (Å²) in [5.41, 5.74) is 1.39. The molecule has 3 heteroatoms. The molecule has 1 nitrogen and oxygen atoms in total. The fourth-order valence-corrected chi connectivity index (χ4v) is 2.71. The molecule has 2 rings (SSSR count). The third-order valence-corrected chi connectivity index (χ3v) is 4.32. The molecule has 0 spiro atoms. The molecule has 12 heavy (non-hydrogen) atoms. The summed E-state index contributed by atoms with van der Waals surface area (Å²) in [6.45, 7) is 3.21. The Hall–Kier alpha value is 0.01000. The van der Waals surface area contributed by atoms with Gasteiger partial charge in [0.15, 0.2) is 0 Å². The van der Waals surface area contributed by atoms with Crippen LogP contribution < -0.4 is 5.32 Å². The third kappa shape index (κ3) is 2.03. The van der Waals surface area contributed by atoms with Gasteiger partial charge in [0.05, 0.1) is 0 Å². The van der Waals surface area contributed by atoms with Gasteiger partial charge in [-0.2, -0.15) is 11.8 Å². The van der Waals surface area contributed by atoms with Gasteiger partial charge in [-0.05, 0) is 23.9 Å². The normalized spacial score (nSPS) is 17.8. The van der Waals surface area contributed by atoms with E-state index < -0.39 is 0 Å². The number of thioether (sulfide) groups is 1. The van der Waals surface area contributed by atoms with Gasteiger partial charge >= 0.3 is 0 Å². The maximum Gasteiger partial charge on any atom is 0.0303 e. The van der Waals surface area contributed by atoms with Crippen LogP contribution in [0.15, 0.2) is 11.4 Å². The number of nitrogens with one attached hydrogen (secondary N) is 1. The Morgan fingerprint density at radius 1 is 1.58 bits per heavy atom. The van der Waals surface area contributed by atoms with Crippen molar-refractivity contribution in [2.24, 2.45) is 0 Å². The molecule has 0 aliphatic carbocycles. The largest absolute Gasteiger partial charge is 0.307 e. The van der Waals surface area contributed by atoms with Gasteiger partial charge in [-0.15, -0.1) is 11.3 Å². The lowest BCUT2D eigenvalue weighted by Crippen LogP contribution is -2.39. The van der Waals surface area contributed by atoms with E-state index in [1.165, 1.54) is 21.9 Å². The lowest BCUT2D eigenvalue weighted by atomic mass is 10.3. The van der Waals surface area contributed by atoms with Gasteiger partial charge in [0.1, 0.15) is 0 Å². The first-order valence-electron chi connectivity index (χ1n) is 4.20. The van der Waals surface area contributed by atoms with Crippen LogP contribution in [0.2, 0.25) is 0 Å². The molecule has 1 N–H and O–H groups in total. The van der Waals surface area contributed by atoms with Crippen LogP contribution in [-0.2, 0) is 6.54 Å². The minimum atomic E-state index is 0.775. The Morgan fingerprint density at radius 2 is 2.42 bits per heavy atom. The Labute approximate surface area is 81.6 Å². The second-order valence-electron chi connectivity index (χ2n) is 3.21. The molecule has 1 saturated heterocycles. The van der Waals surface area contributed by atoms with Gasteiger partial charge in [0.25, 0.3) is 0 Å². The third-order valence-electron chi connectivity index (χ3n) is 1.99. The van der Waals surface area contributed by atoms with Crippen LogP contribution in [0.3, 0.4) is 0 Å². The molecule has 1 fully saturated rings. The van der Waals surface area contributed by atoms with E-state index in [2.05, 4.69) is 23.7 Å². The van der Waals surface area contributed by atoms with Crippen LogP contribution in [0.1, 0.15) is 10.4 Å². The summed E-state index contributed by atoms with van der Waals surface area (Å²) in [7, 11) is 0. The van der Waals surface area contributed by atoms with Crippen molar-refractivity contribution in [1.29, 1.82) is 0 Å². The molecule has 0 saturated carbocycles. The number of thiophene rings is 1. The van der Waals surface area contributed by atoms with Crippen LogP contribution in [0.4, 0.5) is 0 Å². The van der Waals surface area contributed by atoms with E-state index in [9.17, 15) is 0 Å². The average molecular weight is 199 g/mol. The topological polar surface area (TPSA) is 12.0 Å². The zero-order chi connectivity index (χ0) is 8.39. The lowest BCUT2D eigenvalue weighted by Gasteiger charge is -2.25. The van der Waals surface area contributed by atoms with Crippen LogP contribution in [-0.4, -0.2) is 17.5 Å². The zero-order valence-electron chi connectivity index (χ0n) is 7.17. The van der Waals surface area contributed by atoms with E-state index in [4.69, 9.17) is 0 Å². The van der Waals surface area contributed by atoms with Crippen molar-refractivity contribution < 1.29 is 0 Å². The highest BCUT2D eigenvalue weighted by Gasteiger charge is 2.16. The second-order valence-corrected chi connectivity index (χ2v) is 5.28. The van der Waals surface area contributed by atoms with Crippen LogP contribution in [0.5, 0.6) is 0 Å². The highest BCUT2D eigenvalue weighted by molar-refractivity contribution is 8.00. The molecular formula is C9H13NS2. The molecule has 1 aliphatic heterocycles. The maximum absolute atomic E-state index is 3.54. The van der Waals surface area contributed by atoms with Crippen molar-refractivity contribution in [2.75, 3.05) is 11.5 Å². The van der Waals surface area contributed by atoms with Crippen LogP contribution in [0, 0.1) is 6.92 Å². The van der Waals surface area contributed by atoms with Crippen molar-refractivity contribution in [2.45, 2.75) is 19.5 Å². The van der Waals surface area contributed by atoms with E-state index in [-0.39, 0.29) is 0 Å². The van der Waals surface area contributed by atoms with E-state index in [0.717, 1.165) is 12.6 Å². The summed E-state index contributed by atoms with van der Waals surface area (Å²) in [6.07, 6.45) is 0. The van der Waals surface area contributed by atoms with Gasteiger partial charge in [-0.3, -0.25) is 0 Å². The molecular weight excluding hydrogens is 186 g/mol. The molecule has 0 aromatic carbocycles. The fraction of sp³-hybridized carbons (Fsp3) is 0.556. The summed E-state index contributed by atoms with van der Waals surface area (Å²) >= 11 is 3.88. The first kappa shape index (κ1) is 8.60. The molecule has 1 aromatic rings. The Bertz CT molecular complexity index is 253. The summed E-state index contributed by atoms with van der Waals surface area (Å²) < 4.78 is 0. The van der Waals surface area contributed by atoms with Gasteiger partial charge in [-0.25, -0.2) is 0 Å². The van der Waals surface area contributed by atoms with Crippen molar-refractivity contribution >= 4 is 23.1 Å². The minimum absolute atomic E-state index is 0.775. The number of aryl methyl sites for hydroxylation is 1. The zero-order valence-corrected chi connectivity index (χ0v) is 8.80. The highest BCUT2D eigenvalue weighted by Crippen LogP contribution is 2.19. The monoisotopic (exact) mass is 199 g/mol. The molecule has 66 valence electrons. The SMILES string of the molecule is Cc1csc(CNC2CSC2)c1. The van der Waals surface area contributed by atoms with E-state index >= 15 is 0 Å². The van der Waals surface area contributed by atoms with E-state index in [0.29, 0.717) is 0 Å². The quantitative estimate of drug-likeness (QED) is 0.801.